The second-order valence-electron chi connectivity index (χ2n) is 9.49. The van der Waals surface area contributed by atoms with E-state index in [1.807, 2.05) is 13.8 Å². The van der Waals surface area contributed by atoms with Gasteiger partial charge in [0, 0.05) is 23.5 Å². The number of anilines is 1. The van der Waals surface area contributed by atoms with E-state index in [2.05, 4.69) is 27.3 Å². The Morgan fingerprint density at radius 1 is 1.28 bits per heavy atom. The lowest BCUT2D eigenvalue weighted by molar-refractivity contribution is 0.286. The molecule has 3 atom stereocenters. The molecule has 3 heterocycles. The number of nitrogens with one attached hydrogen (secondary N) is 2. The Kier molecular flexibility index (Phi) is 6.48. The average molecular weight is 534 g/mol. The Balaban J connectivity index is 1.68. The molecule has 5 rings (SSSR count). The van der Waals surface area contributed by atoms with Gasteiger partial charge < -0.3 is 15.0 Å². The van der Waals surface area contributed by atoms with Crippen molar-refractivity contribution in [3.05, 3.63) is 70.3 Å². The maximum absolute atomic E-state index is 15.3. The highest BCUT2D eigenvalue weighted by molar-refractivity contribution is 7.89. The molecule has 3 aliphatic rings. The van der Waals surface area contributed by atoms with Gasteiger partial charge in [0.1, 0.15) is 16.8 Å². The highest BCUT2D eigenvalue weighted by atomic mass is 35.5. The van der Waals surface area contributed by atoms with E-state index in [0.717, 1.165) is 24.1 Å². The van der Waals surface area contributed by atoms with Crippen molar-refractivity contribution in [2.75, 3.05) is 24.7 Å². The summed E-state index contributed by atoms with van der Waals surface area (Å²) in [7, 11) is -4.03. The number of rotatable bonds is 5. The van der Waals surface area contributed by atoms with E-state index < -0.39 is 27.8 Å². The van der Waals surface area contributed by atoms with E-state index in [0.29, 0.717) is 22.8 Å². The number of sulfonamides is 1. The van der Waals surface area contributed by atoms with Crippen LogP contribution in [0.4, 0.5) is 10.1 Å². The standard InChI is InChI=1S/C25H29ClFN5O3S/c1-14-5-7-20(27)23(15(14)2)16(3)24(25-30-29-17(4)35-25)32-13-31(19-9-10-28-12-19)21-11-18(26)6-8-22(21)36(32,33)34/h5-8,11,16,19,24,28-29H,4,9-10,12-13H2,1-3H3. The van der Waals surface area contributed by atoms with Crippen molar-refractivity contribution >= 4 is 33.2 Å². The summed E-state index contributed by atoms with van der Waals surface area (Å²) in [5.74, 6) is -0.719. The third-order valence-electron chi connectivity index (χ3n) is 7.33. The molecule has 3 unspecified atom stereocenters. The minimum atomic E-state index is -4.03. The summed E-state index contributed by atoms with van der Waals surface area (Å²) in [4.78, 5) is 2.20. The van der Waals surface area contributed by atoms with E-state index in [4.69, 9.17) is 16.3 Å². The van der Waals surface area contributed by atoms with Crippen LogP contribution in [0.5, 0.6) is 0 Å². The number of nitrogens with zero attached hydrogens (tertiary/aromatic N) is 3. The molecule has 0 bridgehead atoms. The van der Waals surface area contributed by atoms with Gasteiger partial charge in [0.25, 0.3) is 0 Å². The van der Waals surface area contributed by atoms with Crippen molar-refractivity contribution in [3.63, 3.8) is 0 Å². The van der Waals surface area contributed by atoms with E-state index in [1.165, 1.54) is 16.4 Å². The minimum absolute atomic E-state index is 0.0400. The molecule has 0 radical (unpaired) electrons. The van der Waals surface area contributed by atoms with Gasteiger partial charge in [-0.05, 0) is 74.3 Å². The van der Waals surface area contributed by atoms with Gasteiger partial charge in [0.05, 0.1) is 12.4 Å². The van der Waals surface area contributed by atoms with Crippen molar-refractivity contribution in [2.24, 2.45) is 5.10 Å². The zero-order valence-corrected chi connectivity index (χ0v) is 22.0. The van der Waals surface area contributed by atoms with Crippen LogP contribution in [0.25, 0.3) is 0 Å². The summed E-state index contributed by atoms with van der Waals surface area (Å²) in [6, 6.07) is 7.06. The lowest BCUT2D eigenvalue weighted by atomic mass is 9.87. The van der Waals surface area contributed by atoms with Crippen molar-refractivity contribution in [1.82, 2.24) is 15.0 Å². The Morgan fingerprint density at radius 2 is 2.06 bits per heavy atom. The van der Waals surface area contributed by atoms with Crippen LogP contribution in [0.2, 0.25) is 5.02 Å². The van der Waals surface area contributed by atoms with Crippen LogP contribution in [0.1, 0.15) is 36.0 Å². The molecular weight excluding hydrogens is 505 g/mol. The fourth-order valence-electron chi connectivity index (χ4n) is 5.34. The first-order chi connectivity index (χ1) is 17.1. The average Bonchev–Trinajstić information content (AvgIpc) is 3.50. The lowest BCUT2D eigenvalue weighted by Crippen LogP contribution is -2.57. The SMILES string of the molecule is C=C1NN=C(C(C(C)c2c(F)ccc(C)c2C)N2CN(C3CCNC3)c3cc(Cl)ccc3S2(=O)=O)O1. The number of halogens is 2. The van der Waals surface area contributed by atoms with Crippen LogP contribution in [0, 0.1) is 19.7 Å². The summed E-state index contributed by atoms with van der Waals surface area (Å²) < 4.78 is 50.6. The molecule has 8 nitrogen and oxygen atoms in total. The van der Waals surface area contributed by atoms with Gasteiger partial charge in [0.2, 0.25) is 21.8 Å². The second-order valence-corrected chi connectivity index (χ2v) is 11.8. The summed E-state index contributed by atoms with van der Waals surface area (Å²) in [6.45, 7) is 10.9. The number of benzene rings is 2. The third-order valence-corrected chi connectivity index (χ3v) is 9.42. The zero-order chi connectivity index (χ0) is 25.8. The molecule has 36 heavy (non-hydrogen) atoms. The summed E-state index contributed by atoms with van der Waals surface area (Å²) in [6.07, 6.45) is 0.849. The molecule has 192 valence electrons. The summed E-state index contributed by atoms with van der Waals surface area (Å²) >= 11 is 6.29. The van der Waals surface area contributed by atoms with Crippen molar-refractivity contribution in [2.45, 2.75) is 50.1 Å². The molecule has 3 aliphatic heterocycles. The first kappa shape index (κ1) is 25.0. The molecule has 0 amide bonds. The predicted molar refractivity (Wildman–Crippen MR) is 138 cm³/mol. The Hall–Kier alpha value is -2.66. The smallest absolute Gasteiger partial charge is 0.247 e. The van der Waals surface area contributed by atoms with Gasteiger partial charge in [-0.1, -0.05) is 24.6 Å². The molecule has 0 saturated carbocycles. The number of hydrazone groups is 1. The van der Waals surface area contributed by atoms with Gasteiger partial charge in [-0.3, -0.25) is 0 Å². The molecule has 1 fully saturated rings. The topological polar surface area (TPSA) is 86.3 Å². The lowest BCUT2D eigenvalue weighted by Gasteiger charge is -2.44. The first-order valence-corrected chi connectivity index (χ1v) is 13.7. The van der Waals surface area contributed by atoms with Crippen LogP contribution in [0.15, 0.2) is 52.8 Å². The normalized spacial score (nSPS) is 23.0. The van der Waals surface area contributed by atoms with Gasteiger partial charge in [-0.15, -0.1) is 5.10 Å². The largest absolute Gasteiger partial charge is 0.422 e. The second kappa shape index (κ2) is 9.33. The minimum Gasteiger partial charge on any atom is -0.422 e. The van der Waals surface area contributed by atoms with Gasteiger partial charge in [-0.2, -0.15) is 4.31 Å². The van der Waals surface area contributed by atoms with Gasteiger partial charge >= 0.3 is 0 Å². The molecule has 2 N–H and O–H groups in total. The molecule has 2 aromatic rings. The van der Waals surface area contributed by atoms with E-state index in [1.54, 1.807) is 25.1 Å². The third kappa shape index (κ3) is 4.15. The molecular formula is C25H29ClFN5O3S. The molecule has 0 spiro atoms. The molecule has 11 heteroatoms. The number of hydrogen-bond acceptors (Lipinski definition) is 7. The van der Waals surface area contributed by atoms with E-state index >= 15 is 4.39 Å². The van der Waals surface area contributed by atoms with Gasteiger partial charge in [-0.25, -0.2) is 18.2 Å². The summed E-state index contributed by atoms with van der Waals surface area (Å²) in [5.41, 5.74) is 5.33. The molecule has 2 aromatic carbocycles. The zero-order valence-electron chi connectivity index (χ0n) is 20.4. The Labute approximate surface area is 215 Å². The maximum Gasteiger partial charge on any atom is 0.247 e. The molecule has 0 aromatic heterocycles. The number of aryl methyl sites for hydroxylation is 1. The number of ether oxygens (including phenoxy) is 1. The van der Waals surface area contributed by atoms with Crippen LogP contribution in [-0.2, 0) is 14.8 Å². The quantitative estimate of drug-likeness (QED) is 0.608. The monoisotopic (exact) mass is 533 g/mol. The van der Waals surface area contributed by atoms with Crippen LogP contribution < -0.4 is 15.6 Å². The summed E-state index contributed by atoms with van der Waals surface area (Å²) in [5, 5.41) is 8.05. The first-order valence-electron chi connectivity index (χ1n) is 11.8. The van der Waals surface area contributed by atoms with Crippen molar-refractivity contribution in [3.8, 4) is 0 Å². The van der Waals surface area contributed by atoms with Crippen molar-refractivity contribution in [1.29, 1.82) is 0 Å². The highest BCUT2D eigenvalue weighted by Crippen LogP contribution is 2.41. The van der Waals surface area contributed by atoms with Crippen molar-refractivity contribution < 1.29 is 17.5 Å². The fourth-order valence-corrected chi connectivity index (χ4v) is 7.29. The Bertz CT molecular complexity index is 1360. The Morgan fingerprint density at radius 3 is 2.72 bits per heavy atom. The molecule has 0 aliphatic carbocycles. The van der Waals surface area contributed by atoms with E-state index in [-0.39, 0.29) is 29.4 Å². The van der Waals surface area contributed by atoms with Crippen LogP contribution >= 0.6 is 11.6 Å². The maximum atomic E-state index is 15.3. The number of hydrogen-bond donors (Lipinski definition) is 2. The highest BCUT2D eigenvalue weighted by Gasteiger charge is 2.47. The number of fused-ring (bicyclic) bond motifs is 1. The van der Waals surface area contributed by atoms with Crippen LogP contribution in [-0.4, -0.2) is 50.5 Å². The predicted octanol–water partition coefficient (Wildman–Crippen LogP) is 3.80. The van der Waals surface area contributed by atoms with E-state index in [9.17, 15) is 8.42 Å². The molecule has 1 saturated heterocycles. The van der Waals surface area contributed by atoms with Crippen LogP contribution in [0.3, 0.4) is 0 Å². The van der Waals surface area contributed by atoms with Gasteiger partial charge in [0.15, 0.2) is 0 Å². The fraction of sp³-hybridized carbons (Fsp3) is 0.400.